The van der Waals surface area contributed by atoms with Crippen LogP contribution in [0.15, 0.2) is 48.5 Å². The SMILES string of the molecule is CC.Cc1nn(Cc2nc3ccccc3n2Cc2nn[nH]n2)c2ccccc12.[HH]. The number of H-pyrrole nitrogens is 1. The largest absolute Gasteiger partial charge is 0.319 e. The summed E-state index contributed by atoms with van der Waals surface area (Å²) in [6.45, 7) is 7.10. The van der Waals surface area contributed by atoms with Gasteiger partial charge < -0.3 is 4.57 Å². The van der Waals surface area contributed by atoms with Crippen LogP contribution in [0.25, 0.3) is 21.9 Å². The average Bonchev–Trinajstić information content (AvgIpc) is 3.44. The zero-order chi connectivity index (χ0) is 19.5. The van der Waals surface area contributed by atoms with Crippen molar-refractivity contribution in [3.05, 3.63) is 65.9 Å². The van der Waals surface area contributed by atoms with Crippen molar-refractivity contribution in [3.8, 4) is 0 Å². The molecular weight excluding hydrogens is 352 g/mol. The molecule has 28 heavy (non-hydrogen) atoms. The van der Waals surface area contributed by atoms with E-state index < -0.39 is 0 Å². The van der Waals surface area contributed by atoms with Gasteiger partial charge in [-0.15, -0.1) is 10.2 Å². The molecule has 5 rings (SSSR count). The molecule has 8 nitrogen and oxygen atoms in total. The Hall–Kier alpha value is -3.55. The van der Waals surface area contributed by atoms with Crippen molar-refractivity contribution < 1.29 is 1.43 Å². The van der Waals surface area contributed by atoms with Crippen LogP contribution < -0.4 is 0 Å². The molecule has 0 bridgehead atoms. The van der Waals surface area contributed by atoms with Crippen LogP contribution in [0.1, 0.15) is 32.6 Å². The van der Waals surface area contributed by atoms with Gasteiger partial charge in [0.1, 0.15) is 5.82 Å². The monoisotopic (exact) mass is 376 g/mol. The topological polar surface area (TPSA) is 90.1 Å². The van der Waals surface area contributed by atoms with Crippen LogP contribution in [0.4, 0.5) is 0 Å². The lowest BCUT2D eigenvalue weighted by molar-refractivity contribution is 0.624. The third-order valence-electron chi connectivity index (χ3n) is 4.56. The quantitative estimate of drug-likeness (QED) is 0.518. The maximum absolute atomic E-state index is 4.82. The third-order valence-corrected chi connectivity index (χ3v) is 4.56. The Morgan fingerprint density at radius 3 is 2.50 bits per heavy atom. The summed E-state index contributed by atoms with van der Waals surface area (Å²) in [6, 6.07) is 16.3. The van der Waals surface area contributed by atoms with E-state index in [-0.39, 0.29) is 1.43 Å². The number of hydrogen-bond donors (Lipinski definition) is 1. The number of aromatic amines is 1. The van der Waals surface area contributed by atoms with Crippen molar-refractivity contribution in [2.24, 2.45) is 0 Å². The highest BCUT2D eigenvalue weighted by Crippen LogP contribution is 2.21. The lowest BCUT2D eigenvalue weighted by atomic mass is 10.2. The van der Waals surface area contributed by atoms with Gasteiger partial charge in [-0.05, 0) is 25.1 Å². The summed E-state index contributed by atoms with van der Waals surface area (Å²) < 4.78 is 4.12. The van der Waals surface area contributed by atoms with E-state index in [9.17, 15) is 0 Å². The fraction of sp³-hybridized carbons (Fsp3) is 0.250. The first kappa shape index (κ1) is 17.8. The van der Waals surface area contributed by atoms with Gasteiger partial charge in [0.2, 0.25) is 0 Å². The second kappa shape index (κ2) is 7.59. The molecule has 3 heterocycles. The van der Waals surface area contributed by atoms with Crippen molar-refractivity contribution in [2.45, 2.75) is 33.9 Å². The van der Waals surface area contributed by atoms with Gasteiger partial charge in [-0.25, -0.2) is 4.98 Å². The number of nitrogens with one attached hydrogen (secondary N) is 1. The molecule has 144 valence electrons. The van der Waals surface area contributed by atoms with E-state index in [0.717, 1.165) is 33.5 Å². The Bertz CT molecular complexity index is 1210. The minimum Gasteiger partial charge on any atom is -0.319 e. The molecule has 0 spiro atoms. The smallest absolute Gasteiger partial charge is 0.194 e. The molecule has 0 aliphatic heterocycles. The number of para-hydroxylation sites is 3. The highest BCUT2D eigenvalue weighted by Gasteiger charge is 2.15. The molecule has 0 atom stereocenters. The van der Waals surface area contributed by atoms with Crippen LogP contribution >= 0.6 is 0 Å². The summed E-state index contributed by atoms with van der Waals surface area (Å²) in [5.41, 5.74) is 4.10. The molecule has 0 aliphatic carbocycles. The van der Waals surface area contributed by atoms with Crippen LogP contribution in [0.5, 0.6) is 0 Å². The summed E-state index contributed by atoms with van der Waals surface area (Å²) >= 11 is 0. The first-order valence-electron chi connectivity index (χ1n) is 9.38. The van der Waals surface area contributed by atoms with Gasteiger partial charge in [-0.2, -0.15) is 10.3 Å². The highest BCUT2D eigenvalue weighted by molar-refractivity contribution is 5.82. The van der Waals surface area contributed by atoms with Gasteiger partial charge in [0.05, 0.1) is 35.3 Å². The predicted octanol–water partition coefficient (Wildman–Crippen LogP) is 3.58. The van der Waals surface area contributed by atoms with E-state index in [1.807, 2.05) is 55.8 Å². The maximum Gasteiger partial charge on any atom is 0.194 e. The number of aromatic nitrogens is 8. The number of rotatable bonds is 4. The second-order valence-electron chi connectivity index (χ2n) is 6.19. The Kier molecular flexibility index (Phi) is 4.84. The first-order valence-corrected chi connectivity index (χ1v) is 9.38. The molecule has 0 aliphatic rings. The average molecular weight is 376 g/mol. The molecule has 5 aromatic rings. The fourth-order valence-electron chi connectivity index (χ4n) is 3.36. The van der Waals surface area contributed by atoms with Gasteiger partial charge in [-0.3, -0.25) is 4.68 Å². The van der Waals surface area contributed by atoms with Gasteiger partial charge in [0, 0.05) is 6.81 Å². The van der Waals surface area contributed by atoms with E-state index in [1.54, 1.807) is 0 Å². The summed E-state index contributed by atoms with van der Waals surface area (Å²) in [5, 5.41) is 20.2. The van der Waals surface area contributed by atoms with Crippen LogP contribution in [0.2, 0.25) is 0 Å². The van der Waals surface area contributed by atoms with E-state index in [1.165, 1.54) is 0 Å². The number of tetrazole rings is 1. The number of imidazole rings is 1. The molecule has 2 aromatic carbocycles. The first-order chi connectivity index (χ1) is 13.8. The van der Waals surface area contributed by atoms with E-state index in [2.05, 4.69) is 43.4 Å². The Labute approximate surface area is 163 Å². The normalized spacial score (nSPS) is 11.0. The van der Waals surface area contributed by atoms with E-state index >= 15 is 0 Å². The second-order valence-corrected chi connectivity index (χ2v) is 6.19. The van der Waals surface area contributed by atoms with E-state index in [4.69, 9.17) is 10.1 Å². The van der Waals surface area contributed by atoms with Crippen molar-refractivity contribution in [1.29, 1.82) is 0 Å². The molecule has 0 unspecified atom stereocenters. The lowest BCUT2D eigenvalue weighted by Crippen LogP contribution is -2.11. The van der Waals surface area contributed by atoms with Gasteiger partial charge in [0.15, 0.2) is 5.82 Å². The Balaban J connectivity index is 0.000000778. The Morgan fingerprint density at radius 2 is 1.71 bits per heavy atom. The maximum atomic E-state index is 4.82. The Morgan fingerprint density at radius 1 is 0.964 bits per heavy atom. The highest BCUT2D eigenvalue weighted by atomic mass is 15.5. The van der Waals surface area contributed by atoms with Crippen molar-refractivity contribution in [2.75, 3.05) is 0 Å². The zero-order valence-corrected chi connectivity index (χ0v) is 16.2. The molecular formula is C20H24N8. The number of fused-ring (bicyclic) bond motifs is 2. The molecule has 8 heteroatoms. The molecule has 0 amide bonds. The van der Waals surface area contributed by atoms with Crippen molar-refractivity contribution in [1.82, 2.24) is 40.0 Å². The van der Waals surface area contributed by atoms with Gasteiger partial charge in [0.25, 0.3) is 0 Å². The van der Waals surface area contributed by atoms with Crippen LogP contribution in [0, 0.1) is 6.92 Å². The molecule has 0 radical (unpaired) electrons. The molecule has 1 N–H and O–H groups in total. The van der Waals surface area contributed by atoms with Crippen LogP contribution in [-0.4, -0.2) is 40.0 Å². The molecule has 3 aromatic heterocycles. The van der Waals surface area contributed by atoms with Crippen LogP contribution in [-0.2, 0) is 13.1 Å². The van der Waals surface area contributed by atoms with Gasteiger partial charge in [-0.1, -0.05) is 49.4 Å². The number of aryl methyl sites for hydroxylation is 1. The predicted molar refractivity (Wildman–Crippen MR) is 110 cm³/mol. The molecule has 0 saturated heterocycles. The van der Waals surface area contributed by atoms with Gasteiger partial charge >= 0.3 is 0 Å². The standard InChI is InChI=1S/C18H16N8.C2H6.H2/c1-12-13-6-2-4-8-15(13)26(22-12)11-18-19-14-7-3-5-9-16(14)25(18)10-17-20-23-24-21-17;1-2;/h2-9H,10-11H2,1H3,(H,20,21,23,24);1-2H3;1H. The molecule has 0 fully saturated rings. The fourth-order valence-corrected chi connectivity index (χ4v) is 3.36. The number of hydrogen-bond acceptors (Lipinski definition) is 5. The van der Waals surface area contributed by atoms with Crippen molar-refractivity contribution >= 4 is 21.9 Å². The zero-order valence-electron chi connectivity index (χ0n) is 16.2. The lowest BCUT2D eigenvalue weighted by Gasteiger charge is -2.08. The third kappa shape index (κ3) is 3.13. The minimum atomic E-state index is 0. The summed E-state index contributed by atoms with van der Waals surface area (Å²) in [5.74, 6) is 1.53. The van der Waals surface area contributed by atoms with Crippen LogP contribution in [0.3, 0.4) is 0 Å². The summed E-state index contributed by atoms with van der Waals surface area (Å²) in [7, 11) is 0. The number of benzene rings is 2. The summed E-state index contributed by atoms with van der Waals surface area (Å²) in [4.78, 5) is 4.82. The molecule has 0 saturated carbocycles. The van der Waals surface area contributed by atoms with E-state index in [0.29, 0.717) is 18.9 Å². The summed E-state index contributed by atoms with van der Waals surface area (Å²) in [6.07, 6.45) is 0. The number of nitrogens with zero attached hydrogens (tertiary/aromatic N) is 7. The minimum absolute atomic E-state index is 0. The van der Waals surface area contributed by atoms with Crippen molar-refractivity contribution in [3.63, 3.8) is 0 Å².